The second-order valence-electron chi connectivity index (χ2n) is 7.11. The standard InChI is InChI=1S/C21H21Cl2N5O3/c22-15-3-1-13(11-16(15)23)19-4-2-14(31-19)5-6-25-20(29)17-12-18(27-26-17)21(30)28-9-7-24-8-10-28/h1-4,11-12,24H,5-10H2,(H,25,29)(H,26,27). The predicted octanol–water partition coefficient (Wildman–Crippen LogP) is 2.99. The fraction of sp³-hybridized carbons (Fsp3) is 0.286. The van der Waals surface area contributed by atoms with E-state index in [0.717, 1.165) is 24.4 Å². The van der Waals surface area contributed by atoms with Gasteiger partial charge in [0.1, 0.15) is 17.2 Å². The van der Waals surface area contributed by atoms with Crippen LogP contribution in [0.1, 0.15) is 26.7 Å². The van der Waals surface area contributed by atoms with Crippen LogP contribution in [-0.4, -0.2) is 59.6 Å². The van der Waals surface area contributed by atoms with E-state index in [1.807, 2.05) is 18.2 Å². The predicted molar refractivity (Wildman–Crippen MR) is 118 cm³/mol. The first-order valence-electron chi connectivity index (χ1n) is 9.89. The molecule has 3 aromatic rings. The number of H-pyrrole nitrogens is 1. The Hall–Kier alpha value is -2.81. The second kappa shape index (κ2) is 9.55. The van der Waals surface area contributed by atoms with E-state index in [1.54, 1.807) is 17.0 Å². The lowest BCUT2D eigenvalue weighted by molar-refractivity contribution is 0.0729. The summed E-state index contributed by atoms with van der Waals surface area (Å²) in [7, 11) is 0. The van der Waals surface area contributed by atoms with E-state index >= 15 is 0 Å². The molecule has 0 spiro atoms. The van der Waals surface area contributed by atoms with Gasteiger partial charge in [-0.05, 0) is 30.3 Å². The van der Waals surface area contributed by atoms with Gasteiger partial charge in [0.15, 0.2) is 5.69 Å². The summed E-state index contributed by atoms with van der Waals surface area (Å²) in [5.74, 6) is 0.881. The van der Waals surface area contributed by atoms with E-state index in [0.29, 0.717) is 47.6 Å². The topological polar surface area (TPSA) is 103 Å². The normalized spacial score (nSPS) is 13.9. The number of furan rings is 1. The summed E-state index contributed by atoms with van der Waals surface area (Å²) in [6.07, 6.45) is 0.504. The number of benzene rings is 1. The maximum atomic E-state index is 12.5. The Labute approximate surface area is 188 Å². The summed E-state index contributed by atoms with van der Waals surface area (Å²) in [6.45, 7) is 3.14. The molecule has 3 heterocycles. The fourth-order valence-corrected chi connectivity index (χ4v) is 3.59. The van der Waals surface area contributed by atoms with Gasteiger partial charge in [0.2, 0.25) is 0 Å². The molecule has 0 aliphatic carbocycles. The van der Waals surface area contributed by atoms with Crippen LogP contribution >= 0.6 is 23.2 Å². The third-order valence-electron chi connectivity index (χ3n) is 4.97. The number of aromatic nitrogens is 2. The number of nitrogens with one attached hydrogen (secondary N) is 3. The third kappa shape index (κ3) is 5.10. The van der Waals surface area contributed by atoms with Gasteiger partial charge in [0.05, 0.1) is 10.0 Å². The van der Waals surface area contributed by atoms with Crippen molar-refractivity contribution in [1.82, 2.24) is 25.7 Å². The van der Waals surface area contributed by atoms with Crippen LogP contribution in [-0.2, 0) is 6.42 Å². The van der Waals surface area contributed by atoms with Gasteiger partial charge < -0.3 is 20.0 Å². The SMILES string of the molecule is O=C(NCCc1ccc(-c2ccc(Cl)c(Cl)c2)o1)c1cc(C(=O)N2CCNCC2)[nH]n1. The van der Waals surface area contributed by atoms with Gasteiger partial charge in [-0.15, -0.1) is 0 Å². The van der Waals surface area contributed by atoms with E-state index in [9.17, 15) is 9.59 Å². The molecule has 162 valence electrons. The lowest BCUT2D eigenvalue weighted by Crippen LogP contribution is -2.46. The molecular formula is C21H21Cl2N5O3. The second-order valence-corrected chi connectivity index (χ2v) is 7.92. The minimum atomic E-state index is -0.355. The van der Waals surface area contributed by atoms with E-state index in [-0.39, 0.29) is 17.5 Å². The summed E-state index contributed by atoms with van der Waals surface area (Å²) in [5.41, 5.74) is 1.31. The molecule has 0 atom stereocenters. The third-order valence-corrected chi connectivity index (χ3v) is 5.71. The summed E-state index contributed by atoms with van der Waals surface area (Å²) in [6, 6.07) is 10.5. The molecule has 2 amide bonds. The molecule has 1 fully saturated rings. The molecule has 0 radical (unpaired) electrons. The van der Waals surface area contributed by atoms with Crippen molar-refractivity contribution in [3.63, 3.8) is 0 Å². The number of piperazine rings is 1. The molecule has 1 saturated heterocycles. The molecule has 1 aliphatic heterocycles. The van der Waals surface area contributed by atoms with Crippen LogP contribution in [0.15, 0.2) is 40.8 Å². The van der Waals surface area contributed by atoms with Crippen LogP contribution in [0.2, 0.25) is 10.0 Å². The van der Waals surface area contributed by atoms with Gasteiger partial charge in [-0.2, -0.15) is 5.10 Å². The van der Waals surface area contributed by atoms with E-state index < -0.39 is 0 Å². The van der Waals surface area contributed by atoms with Gasteiger partial charge in [-0.25, -0.2) is 0 Å². The average Bonchev–Trinajstić information content (AvgIpc) is 3.46. The summed E-state index contributed by atoms with van der Waals surface area (Å²) in [4.78, 5) is 26.5. The van der Waals surface area contributed by atoms with Crippen molar-refractivity contribution in [1.29, 1.82) is 0 Å². The fourth-order valence-electron chi connectivity index (χ4n) is 3.29. The number of amides is 2. The maximum absolute atomic E-state index is 12.5. The van der Waals surface area contributed by atoms with Crippen molar-refractivity contribution in [2.75, 3.05) is 32.7 Å². The van der Waals surface area contributed by atoms with Crippen molar-refractivity contribution < 1.29 is 14.0 Å². The van der Waals surface area contributed by atoms with E-state index in [4.69, 9.17) is 27.6 Å². The first-order valence-corrected chi connectivity index (χ1v) is 10.6. The van der Waals surface area contributed by atoms with Crippen molar-refractivity contribution >= 4 is 35.0 Å². The maximum Gasteiger partial charge on any atom is 0.271 e. The van der Waals surface area contributed by atoms with Gasteiger partial charge in [0.25, 0.3) is 11.8 Å². The first-order chi connectivity index (χ1) is 15.0. The Kier molecular flexibility index (Phi) is 6.60. The number of rotatable bonds is 6. The molecule has 3 N–H and O–H groups in total. The number of hydrogen-bond donors (Lipinski definition) is 3. The minimum absolute atomic E-state index is 0.154. The first kappa shape index (κ1) is 21.4. The number of carbonyl (C=O) groups excluding carboxylic acids is 2. The highest BCUT2D eigenvalue weighted by Crippen LogP contribution is 2.29. The average molecular weight is 462 g/mol. The molecule has 0 bridgehead atoms. The van der Waals surface area contributed by atoms with Crippen molar-refractivity contribution in [3.8, 4) is 11.3 Å². The zero-order valence-electron chi connectivity index (χ0n) is 16.6. The Morgan fingerprint density at radius 2 is 1.90 bits per heavy atom. The monoisotopic (exact) mass is 461 g/mol. The Bertz CT molecular complexity index is 1090. The van der Waals surface area contributed by atoms with Crippen LogP contribution in [0, 0.1) is 0 Å². The number of halogens is 2. The zero-order chi connectivity index (χ0) is 21.8. The molecule has 0 saturated carbocycles. The van der Waals surface area contributed by atoms with Crippen molar-refractivity contribution in [2.45, 2.75) is 6.42 Å². The van der Waals surface area contributed by atoms with Crippen LogP contribution in [0.25, 0.3) is 11.3 Å². The summed E-state index contributed by atoms with van der Waals surface area (Å²) < 4.78 is 5.82. The molecule has 10 heteroatoms. The highest BCUT2D eigenvalue weighted by molar-refractivity contribution is 6.42. The number of hydrogen-bond acceptors (Lipinski definition) is 5. The van der Waals surface area contributed by atoms with E-state index in [1.165, 1.54) is 6.07 Å². The lowest BCUT2D eigenvalue weighted by atomic mass is 10.2. The molecule has 31 heavy (non-hydrogen) atoms. The van der Waals surface area contributed by atoms with Crippen LogP contribution in [0.4, 0.5) is 0 Å². The lowest BCUT2D eigenvalue weighted by Gasteiger charge is -2.26. The Balaban J connectivity index is 1.30. The quantitative estimate of drug-likeness (QED) is 0.523. The van der Waals surface area contributed by atoms with Crippen molar-refractivity contribution in [2.24, 2.45) is 0 Å². The molecule has 4 rings (SSSR count). The summed E-state index contributed by atoms with van der Waals surface area (Å²) >= 11 is 12.0. The molecule has 0 unspecified atom stereocenters. The van der Waals surface area contributed by atoms with Gasteiger partial charge in [0, 0.05) is 50.8 Å². The van der Waals surface area contributed by atoms with Gasteiger partial charge >= 0.3 is 0 Å². The minimum Gasteiger partial charge on any atom is -0.461 e. The highest BCUT2D eigenvalue weighted by atomic mass is 35.5. The molecular weight excluding hydrogens is 441 g/mol. The molecule has 8 nitrogen and oxygen atoms in total. The number of nitrogens with zero attached hydrogens (tertiary/aromatic N) is 2. The Morgan fingerprint density at radius 3 is 2.68 bits per heavy atom. The largest absolute Gasteiger partial charge is 0.461 e. The molecule has 2 aromatic heterocycles. The van der Waals surface area contributed by atoms with Gasteiger partial charge in [-0.1, -0.05) is 23.2 Å². The number of aromatic amines is 1. The van der Waals surface area contributed by atoms with Gasteiger partial charge in [-0.3, -0.25) is 14.7 Å². The summed E-state index contributed by atoms with van der Waals surface area (Å²) in [5, 5.41) is 13.6. The Morgan fingerprint density at radius 1 is 1.10 bits per heavy atom. The smallest absolute Gasteiger partial charge is 0.271 e. The van der Waals surface area contributed by atoms with Crippen LogP contribution in [0.3, 0.4) is 0 Å². The van der Waals surface area contributed by atoms with Crippen LogP contribution < -0.4 is 10.6 Å². The van der Waals surface area contributed by atoms with Crippen molar-refractivity contribution in [3.05, 3.63) is 63.6 Å². The van der Waals surface area contributed by atoms with Crippen LogP contribution in [0.5, 0.6) is 0 Å². The number of carbonyl (C=O) groups is 2. The highest BCUT2D eigenvalue weighted by Gasteiger charge is 2.21. The molecule has 1 aromatic carbocycles. The van der Waals surface area contributed by atoms with E-state index in [2.05, 4.69) is 20.8 Å². The zero-order valence-corrected chi connectivity index (χ0v) is 18.1. The molecule has 1 aliphatic rings.